The van der Waals surface area contributed by atoms with E-state index in [1.807, 2.05) is 11.8 Å². The Morgan fingerprint density at radius 3 is 2.29 bits per heavy atom. The molecule has 0 unspecified atom stereocenters. The number of nitrogens with zero attached hydrogens (tertiary/aromatic N) is 4. The SMILES string of the molecule is Cc1c(NCc2ccc(C(C)(C)C)cc2)ncnc1C(=O)N1CCC(N2CCC(O)CC2)CC1. The van der Waals surface area contributed by atoms with E-state index in [0.29, 0.717) is 24.1 Å². The van der Waals surface area contributed by atoms with E-state index in [9.17, 15) is 9.90 Å². The number of rotatable bonds is 5. The second kappa shape index (κ2) is 10.4. The lowest BCUT2D eigenvalue weighted by molar-refractivity contribution is 0.0355. The Kier molecular flexibility index (Phi) is 7.53. The van der Waals surface area contributed by atoms with Gasteiger partial charge in [-0.2, -0.15) is 0 Å². The van der Waals surface area contributed by atoms with Crippen molar-refractivity contribution in [2.75, 3.05) is 31.5 Å². The predicted molar refractivity (Wildman–Crippen MR) is 135 cm³/mol. The summed E-state index contributed by atoms with van der Waals surface area (Å²) >= 11 is 0. The zero-order valence-electron chi connectivity index (χ0n) is 21.0. The fourth-order valence-corrected chi connectivity index (χ4v) is 4.99. The summed E-state index contributed by atoms with van der Waals surface area (Å²) in [6.07, 6.45) is 5.00. The van der Waals surface area contributed by atoms with Gasteiger partial charge in [-0.05, 0) is 49.1 Å². The number of likely N-dealkylation sites (tertiary alicyclic amines) is 2. The number of benzene rings is 1. The molecular formula is C27H39N5O2. The quantitative estimate of drug-likeness (QED) is 0.700. The smallest absolute Gasteiger partial charge is 0.272 e. The molecule has 34 heavy (non-hydrogen) atoms. The highest BCUT2D eigenvalue weighted by Crippen LogP contribution is 2.25. The van der Waals surface area contributed by atoms with Crippen LogP contribution in [0.3, 0.4) is 0 Å². The molecule has 0 radical (unpaired) electrons. The number of aliphatic hydroxyl groups is 1. The first-order chi connectivity index (χ1) is 16.2. The highest BCUT2D eigenvalue weighted by atomic mass is 16.3. The third-order valence-corrected chi connectivity index (χ3v) is 7.33. The molecule has 2 saturated heterocycles. The van der Waals surface area contributed by atoms with E-state index in [2.05, 4.69) is 65.2 Å². The van der Waals surface area contributed by atoms with Gasteiger partial charge in [-0.3, -0.25) is 4.79 Å². The minimum absolute atomic E-state index is 0.00926. The second-order valence-corrected chi connectivity index (χ2v) is 10.8. The van der Waals surface area contributed by atoms with Crippen molar-refractivity contribution in [1.29, 1.82) is 0 Å². The monoisotopic (exact) mass is 465 g/mol. The number of piperidine rings is 2. The molecule has 1 amide bonds. The molecule has 2 aliphatic heterocycles. The molecule has 2 N–H and O–H groups in total. The van der Waals surface area contributed by atoms with Gasteiger partial charge in [0, 0.05) is 44.3 Å². The van der Waals surface area contributed by atoms with E-state index >= 15 is 0 Å². The van der Waals surface area contributed by atoms with Crippen molar-refractivity contribution >= 4 is 11.7 Å². The summed E-state index contributed by atoms with van der Waals surface area (Å²) in [5.74, 6) is 0.699. The van der Waals surface area contributed by atoms with Crippen molar-refractivity contribution in [3.63, 3.8) is 0 Å². The summed E-state index contributed by atoms with van der Waals surface area (Å²) in [5, 5.41) is 13.2. The maximum Gasteiger partial charge on any atom is 0.272 e. The Labute approximate surface area is 203 Å². The number of aliphatic hydroxyl groups excluding tert-OH is 1. The number of carbonyl (C=O) groups excluding carboxylic acids is 1. The number of hydrogen-bond acceptors (Lipinski definition) is 6. The molecule has 3 heterocycles. The number of amides is 1. The van der Waals surface area contributed by atoms with Gasteiger partial charge in [-0.1, -0.05) is 45.0 Å². The van der Waals surface area contributed by atoms with Crippen LogP contribution in [0.5, 0.6) is 0 Å². The summed E-state index contributed by atoms with van der Waals surface area (Å²) in [4.78, 5) is 26.4. The lowest BCUT2D eigenvalue weighted by Gasteiger charge is -2.41. The Balaban J connectivity index is 1.34. The van der Waals surface area contributed by atoms with Crippen LogP contribution < -0.4 is 5.32 Å². The number of aromatic nitrogens is 2. The van der Waals surface area contributed by atoms with Crippen LogP contribution in [0.25, 0.3) is 0 Å². The summed E-state index contributed by atoms with van der Waals surface area (Å²) < 4.78 is 0. The van der Waals surface area contributed by atoms with E-state index in [0.717, 1.165) is 57.4 Å². The highest BCUT2D eigenvalue weighted by Gasteiger charge is 2.30. The molecule has 0 spiro atoms. The van der Waals surface area contributed by atoms with Crippen molar-refractivity contribution in [3.8, 4) is 0 Å². The zero-order valence-corrected chi connectivity index (χ0v) is 21.0. The zero-order chi connectivity index (χ0) is 24.3. The van der Waals surface area contributed by atoms with Gasteiger partial charge in [0.15, 0.2) is 0 Å². The van der Waals surface area contributed by atoms with E-state index in [1.165, 1.54) is 17.5 Å². The lowest BCUT2D eigenvalue weighted by Crippen LogP contribution is -2.49. The maximum atomic E-state index is 13.3. The van der Waals surface area contributed by atoms with Crippen LogP contribution in [0, 0.1) is 6.92 Å². The molecule has 184 valence electrons. The molecule has 2 aliphatic rings. The van der Waals surface area contributed by atoms with Gasteiger partial charge in [-0.15, -0.1) is 0 Å². The third-order valence-electron chi connectivity index (χ3n) is 7.33. The van der Waals surface area contributed by atoms with Crippen molar-refractivity contribution < 1.29 is 9.90 Å². The molecule has 0 atom stereocenters. The summed E-state index contributed by atoms with van der Waals surface area (Å²) in [7, 11) is 0. The Morgan fingerprint density at radius 2 is 1.68 bits per heavy atom. The fourth-order valence-electron chi connectivity index (χ4n) is 4.99. The average Bonchev–Trinajstić information content (AvgIpc) is 2.83. The van der Waals surface area contributed by atoms with Crippen LogP contribution in [-0.2, 0) is 12.0 Å². The minimum atomic E-state index is -0.149. The molecule has 2 fully saturated rings. The van der Waals surface area contributed by atoms with Gasteiger partial charge in [0.05, 0.1) is 6.10 Å². The van der Waals surface area contributed by atoms with Crippen LogP contribution >= 0.6 is 0 Å². The Bertz CT molecular complexity index is 970. The van der Waals surface area contributed by atoms with Crippen LogP contribution in [0.1, 0.15) is 73.6 Å². The standard InChI is InChI=1S/C27H39N5O2/c1-19-24(26(34)32-13-9-22(10-14-32)31-15-11-23(33)12-16-31)29-18-30-25(19)28-17-20-5-7-21(8-6-20)27(2,3)4/h5-8,18,22-23,33H,9-17H2,1-4H3,(H,28,29,30). The Morgan fingerprint density at radius 1 is 1.03 bits per heavy atom. The molecule has 7 nitrogen and oxygen atoms in total. The molecule has 0 saturated carbocycles. The van der Waals surface area contributed by atoms with Crippen molar-refractivity contribution in [3.05, 3.63) is 53.0 Å². The van der Waals surface area contributed by atoms with Crippen molar-refractivity contribution in [1.82, 2.24) is 19.8 Å². The first-order valence-electron chi connectivity index (χ1n) is 12.6. The third kappa shape index (κ3) is 5.76. The number of hydrogen-bond donors (Lipinski definition) is 2. The van der Waals surface area contributed by atoms with E-state index < -0.39 is 0 Å². The van der Waals surface area contributed by atoms with Gasteiger partial charge in [0.2, 0.25) is 0 Å². The minimum Gasteiger partial charge on any atom is -0.393 e. The number of anilines is 1. The fraction of sp³-hybridized carbons (Fsp3) is 0.593. The summed E-state index contributed by atoms with van der Waals surface area (Å²) in [6.45, 7) is 12.6. The van der Waals surface area contributed by atoms with E-state index in [4.69, 9.17) is 0 Å². The average molecular weight is 466 g/mol. The van der Waals surface area contributed by atoms with Crippen molar-refractivity contribution in [2.24, 2.45) is 0 Å². The highest BCUT2D eigenvalue weighted by molar-refractivity contribution is 5.94. The Hall–Kier alpha value is -2.51. The topological polar surface area (TPSA) is 81.6 Å². The first kappa shape index (κ1) is 24.6. The van der Waals surface area contributed by atoms with Crippen LogP contribution in [0.4, 0.5) is 5.82 Å². The molecule has 7 heteroatoms. The van der Waals surface area contributed by atoms with Crippen LogP contribution in [-0.4, -0.2) is 69.1 Å². The van der Waals surface area contributed by atoms with Gasteiger partial charge in [0.25, 0.3) is 5.91 Å². The molecule has 0 aliphatic carbocycles. The van der Waals surface area contributed by atoms with Gasteiger partial charge < -0.3 is 20.2 Å². The van der Waals surface area contributed by atoms with Crippen molar-refractivity contribution in [2.45, 2.75) is 77.5 Å². The predicted octanol–water partition coefficient (Wildman–Crippen LogP) is 3.76. The molecule has 1 aromatic heterocycles. The second-order valence-electron chi connectivity index (χ2n) is 10.8. The normalized spacial score (nSPS) is 18.8. The van der Waals surface area contributed by atoms with Gasteiger partial charge >= 0.3 is 0 Å². The largest absolute Gasteiger partial charge is 0.393 e. The number of nitrogens with one attached hydrogen (secondary N) is 1. The van der Waals surface area contributed by atoms with Crippen LogP contribution in [0.15, 0.2) is 30.6 Å². The molecule has 2 aromatic rings. The van der Waals surface area contributed by atoms with Gasteiger partial charge in [-0.25, -0.2) is 9.97 Å². The molecule has 1 aromatic carbocycles. The van der Waals surface area contributed by atoms with E-state index in [-0.39, 0.29) is 17.4 Å². The maximum absolute atomic E-state index is 13.3. The van der Waals surface area contributed by atoms with E-state index in [1.54, 1.807) is 0 Å². The lowest BCUT2D eigenvalue weighted by atomic mass is 9.87. The molecule has 4 rings (SSSR count). The molecular weight excluding hydrogens is 426 g/mol. The van der Waals surface area contributed by atoms with Crippen LogP contribution in [0.2, 0.25) is 0 Å². The first-order valence-corrected chi connectivity index (χ1v) is 12.6. The number of carbonyl (C=O) groups is 1. The van der Waals surface area contributed by atoms with Gasteiger partial charge in [0.1, 0.15) is 17.8 Å². The molecule has 0 bridgehead atoms. The summed E-state index contributed by atoms with van der Waals surface area (Å²) in [5.41, 5.74) is 3.90. The summed E-state index contributed by atoms with van der Waals surface area (Å²) in [6, 6.07) is 9.14.